The van der Waals surface area contributed by atoms with Crippen LogP contribution in [0, 0.1) is 0 Å². The molecule has 27 heavy (non-hydrogen) atoms. The van der Waals surface area contributed by atoms with Crippen LogP contribution >= 0.6 is 0 Å². The number of rotatable bonds is 7. The molecule has 0 bridgehead atoms. The minimum Gasteiger partial charge on any atom is -0.380 e. The summed E-state index contributed by atoms with van der Waals surface area (Å²) in [6.45, 7) is 0.970. The van der Waals surface area contributed by atoms with Gasteiger partial charge in [0.25, 0.3) is 0 Å². The van der Waals surface area contributed by atoms with Crippen molar-refractivity contribution in [3.63, 3.8) is 0 Å². The van der Waals surface area contributed by atoms with Crippen LogP contribution in [0.3, 0.4) is 0 Å². The van der Waals surface area contributed by atoms with E-state index in [-0.39, 0.29) is 12.1 Å². The molecular formula is C23H24N2O2. The SMILES string of the molecule is COCc1ccccc1CNC(=O)NC(c1ccccc1)c1ccccc1. The highest BCUT2D eigenvalue weighted by Crippen LogP contribution is 2.21. The first kappa shape index (κ1) is 18.7. The molecule has 0 radical (unpaired) electrons. The van der Waals surface area contributed by atoms with Gasteiger partial charge in [0.1, 0.15) is 0 Å². The number of carbonyl (C=O) groups is 1. The third-order valence-electron chi connectivity index (χ3n) is 4.40. The third kappa shape index (κ3) is 5.19. The van der Waals surface area contributed by atoms with Gasteiger partial charge >= 0.3 is 6.03 Å². The highest BCUT2D eigenvalue weighted by molar-refractivity contribution is 5.75. The summed E-state index contributed by atoms with van der Waals surface area (Å²) in [5.74, 6) is 0. The van der Waals surface area contributed by atoms with Gasteiger partial charge in [-0.05, 0) is 22.3 Å². The van der Waals surface area contributed by atoms with Crippen LogP contribution in [0.25, 0.3) is 0 Å². The van der Waals surface area contributed by atoms with Gasteiger partial charge in [0.2, 0.25) is 0 Å². The van der Waals surface area contributed by atoms with E-state index < -0.39 is 0 Å². The first-order valence-corrected chi connectivity index (χ1v) is 8.98. The van der Waals surface area contributed by atoms with E-state index in [0.29, 0.717) is 13.2 Å². The lowest BCUT2D eigenvalue weighted by Gasteiger charge is -2.20. The van der Waals surface area contributed by atoms with Crippen LogP contribution in [-0.2, 0) is 17.9 Å². The fourth-order valence-corrected chi connectivity index (χ4v) is 3.03. The molecule has 0 aromatic heterocycles. The van der Waals surface area contributed by atoms with E-state index in [2.05, 4.69) is 10.6 Å². The number of methoxy groups -OCH3 is 1. The summed E-state index contributed by atoms with van der Waals surface area (Å²) in [4.78, 5) is 12.6. The molecule has 0 aliphatic heterocycles. The van der Waals surface area contributed by atoms with E-state index in [9.17, 15) is 4.79 Å². The quantitative estimate of drug-likeness (QED) is 0.655. The van der Waals surface area contributed by atoms with Crippen LogP contribution in [0.1, 0.15) is 28.3 Å². The first-order valence-electron chi connectivity index (χ1n) is 8.98. The average Bonchev–Trinajstić information content (AvgIpc) is 2.73. The van der Waals surface area contributed by atoms with E-state index in [1.165, 1.54) is 0 Å². The second-order valence-electron chi connectivity index (χ2n) is 6.28. The number of carbonyl (C=O) groups excluding carboxylic acids is 1. The molecule has 138 valence electrons. The lowest BCUT2D eigenvalue weighted by molar-refractivity contribution is 0.184. The van der Waals surface area contributed by atoms with Crippen molar-refractivity contribution in [2.75, 3.05) is 7.11 Å². The predicted octanol–water partition coefficient (Wildman–Crippen LogP) is 4.42. The van der Waals surface area contributed by atoms with Crippen LogP contribution in [-0.4, -0.2) is 13.1 Å². The molecule has 0 atom stereocenters. The van der Waals surface area contributed by atoms with Crippen molar-refractivity contribution in [2.45, 2.75) is 19.2 Å². The number of ether oxygens (including phenoxy) is 1. The van der Waals surface area contributed by atoms with Gasteiger partial charge < -0.3 is 15.4 Å². The molecule has 2 N–H and O–H groups in total. The minimum absolute atomic E-state index is 0.207. The Kier molecular flexibility index (Phi) is 6.61. The predicted molar refractivity (Wildman–Crippen MR) is 107 cm³/mol. The Morgan fingerprint density at radius 2 is 1.33 bits per heavy atom. The standard InChI is InChI=1S/C23H24N2O2/c1-27-17-21-15-9-8-14-20(21)16-24-23(26)25-22(18-10-4-2-5-11-18)19-12-6-3-7-13-19/h2-15,22H,16-17H2,1H3,(H2,24,25,26). The van der Waals surface area contributed by atoms with Gasteiger partial charge in [-0.3, -0.25) is 0 Å². The van der Waals surface area contributed by atoms with Crippen LogP contribution in [0.5, 0.6) is 0 Å². The van der Waals surface area contributed by atoms with E-state index in [1.54, 1.807) is 7.11 Å². The second-order valence-corrected chi connectivity index (χ2v) is 6.28. The summed E-state index contributed by atoms with van der Waals surface area (Å²) in [5, 5.41) is 6.05. The van der Waals surface area contributed by atoms with Crippen molar-refractivity contribution in [3.05, 3.63) is 107 Å². The van der Waals surface area contributed by atoms with Gasteiger partial charge in [0.15, 0.2) is 0 Å². The molecule has 3 rings (SSSR count). The lowest BCUT2D eigenvalue weighted by Crippen LogP contribution is -2.38. The molecule has 0 aliphatic rings. The average molecular weight is 360 g/mol. The van der Waals surface area contributed by atoms with Gasteiger partial charge in [-0.25, -0.2) is 4.79 Å². The Labute approximate surface area is 160 Å². The van der Waals surface area contributed by atoms with Crippen LogP contribution in [0.15, 0.2) is 84.9 Å². The Balaban J connectivity index is 1.70. The van der Waals surface area contributed by atoms with Crippen molar-refractivity contribution in [1.29, 1.82) is 0 Å². The van der Waals surface area contributed by atoms with Crippen molar-refractivity contribution < 1.29 is 9.53 Å². The third-order valence-corrected chi connectivity index (χ3v) is 4.40. The van der Waals surface area contributed by atoms with Gasteiger partial charge in [-0.2, -0.15) is 0 Å². The summed E-state index contributed by atoms with van der Waals surface area (Å²) >= 11 is 0. The summed E-state index contributed by atoms with van der Waals surface area (Å²) in [6.07, 6.45) is 0. The van der Waals surface area contributed by atoms with Gasteiger partial charge in [0, 0.05) is 13.7 Å². The molecule has 0 aliphatic carbocycles. The maximum atomic E-state index is 12.6. The zero-order chi connectivity index (χ0) is 18.9. The molecule has 0 saturated heterocycles. The number of benzene rings is 3. The normalized spacial score (nSPS) is 10.6. The highest BCUT2D eigenvalue weighted by atomic mass is 16.5. The zero-order valence-electron chi connectivity index (χ0n) is 15.4. The number of hydrogen-bond donors (Lipinski definition) is 2. The molecular weight excluding hydrogens is 336 g/mol. The van der Waals surface area contributed by atoms with Crippen LogP contribution in [0.4, 0.5) is 4.79 Å². The maximum Gasteiger partial charge on any atom is 0.315 e. The van der Waals surface area contributed by atoms with Gasteiger partial charge in [0.05, 0.1) is 12.6 Å². The van der Waals surface area contributed by atoms with Crippen molar-refractivity contribution in [1.82, 2.24) is 10.6 Å². The van der Waals surface area contributed by atoms with E-state index in [1.807, 2.05) is 84.9 Å². The number of urea groups is 1. The summed E-state index contributed by atoms with van der Waals surface area (Å²) < 4.78 is 5.23. The largest absolute Gasteiger partial charge is 0.380 e. The fourth-order valence-electron chi connectivity index (χ4n) is 3.03. The number of hydrogen-bond acceptors (Lipinski definition) is 2. The topological polar surface area (TPSA) is 50.4 Å². The second kappa shape index (κ2) is 9.55. The molecule has 4 nitrogen and oxygen atoms in total. The summed E-state index contributed by atoms with van der Waals surface area (Å²) in [6, 6.07) is 27.5. The Morgan fingerprint density at radius 1 is 0.815 bits per heavy atom. The van der Waals surface area contributed by atoms with E-state index >= 15 is 0 Å². The molecule has 4 heteroatoms. The molecule has 2 amide bonds. The molecule has 3 aromatic rings. The van der Waals surface area contributed by atoms with Crippen molar-refractivity contribution in [2.24, 2.45) is 0 Å². The summed E-state index contributed by atoms with van der Waals surface area (Å²) in [5.41, 5.74) is 4.20. The molecule has 0 heterocycles. The number of nitrogens with one attached hydrogen (secondary N) is 2. The van der Waals surface area contributed by atoms with Crippen LogP contribution < -0.4 is 10.6 Å². The lowest BCUT2D eigenvalue weighted by atomic mass is 9.99. The Bertz CT molecular complexity index is 811. The Hall–Kier alpha value is -3.11. The van der Waals surface area contributed by atoms with E-state index in [4.69, 9.17) is 4.74 Å². The van der Waals surface area contributed by atoms with Gasteiger partial charge in [-0.15, -0.1) is 0 Å². The fraction of sp³-hybridized carbons (Fsp3) is 0.174. The maximum absolute atomic E-state index is 12.6. The smallest absolute Gasteiger partial charge is 0.315 e. The molecule has 0 unspecified atom stereocenters. The Morgan fingerprint density at radius 3 is 1.89 bits per heavy atom. The molecule has 0 saturated carbocycles. The van der Waals surface area contributed by atoms with E-state index in [0.717, 1.165) is 22.3 Å². The molecule has 0 fully saturated rings. The van der Waals surface area contributed by atoms with Gasteiger partial charge in [-0.1, -0.05) is 84.9 Å². The molecule has 0 spiro atoms. The van der Waals surface area contributed by atoms with Crippen molar-refractivity contribution >= 4 is 6.03 Å². The zero-order valence-corrected chi connectivity index (χ0v) is 15.4. The molecule has 3 aromatic carbocycles. The first-order chi connectivity index (χ1) is 13.3. The van der Waals surface area contributed by atoms with Crippen LogP contribution in [0.2, 0.25) is 0 Å². The number of amides is 2. The van der Waals surface area contributed by atoms with Crippen molar-refractivity contribution in [3.8, 4) is 0 Å². The highest BCUT2D eigenvalue weighted by Gasteiger charge is 2.16. The monoisotopic (exact) mass is 360 g/mol. The minimum atomic E-state index is -0.208. The summed E-state index contributed by atoms with van der Waals surface area (Å²) in [7, 11) is 1.67.